The number of nitrogens with zero attached hydrogens (tertiary/aromatic N) is 1. The van der Waals surface area contributed by atoms with Gasteiger partial charge in [0.1, 0.15) is 0 Å². The highest BCUT2D eigenvalue weighted by molar-refractivity contribution is 7.07. The molecule has 0 saturated carbocycles. The molecule has 0 saturated heterocycles. The molecule has 1 heterocycles. The molecule has 0 aliphatic heterocycles. The fraction of sp³-hybridized carbons (Fsp3) is 0.412. The van der Waals surface area contributed by atoms with Crippen LogP contribution in [0, 0.1) is 0 Å². The van der Waals surface area contributed by atoms with Crippen molar-refractivity contribution < 1.29 is 0 Å². The van der Waals surface area contributed by atoms with Crippen LogP contribution in [0.4, 0.5) is 5.69 Å². The van der Waals surface area contributed by atoms with E-state index in [0.717, 1.165) is 19.6 Å². The molecule has 0 radical (unpaired) electrons. The summed E-state index contributed by atoms with van der Waals surface area (Å²) in [7, 11) is 0. The van der Waals surface area contributed by atoms with Gasteiger partial charge in [0.2, 0.25) is 0 Å². The van der Waals surface area contributed by atoms with Gasteiger partial charge in [0.15, 0.2) is 0 Å². The Morgan fingerprint density at radius 1 is 1.20 bits per heavy atom. The van der Waals surface area contributed by atoms with Crippen LogP contribution in [0.15, 0.2) is 41.1 Å². The van der Waals surface area contributed by atoms with E-state index in [2.05, 4.69) is 72.1 Å². The van der Waals surface area contributed by atoms with E-state index >= 15 is 0 Å². The average Bonchev–Trinajstić information content (AvgIpc) is 2.99. The Hall–Kier alpha value is -1.32. The quantitative estimate of drug-likeness (QED) is 0.790. The van der Waals surface area contributed by atoms with E-state index in [9.17, 15) is 0 Å². The van der Waals surface area contributed by atoms with Gasteiger partial charge in [0.05, 0.1) is 0 Å². The van der Waals surface area contributed by atoms with Gasteiger partial charge in [-0.3, -0.25) is 4.90 Å². The fourth-order valence-corrected chi connectivity index (χ4v) is 3.07. The molecule has 1 N–H and O–H groups in total. The number of nitrogens with one attached hydrogen (secondary N) is 1. The van der Waals surface area contributed by atoms with Gasteiger partial charge in [-0.15, -0.1) is 0 Å². The molecule has 0 aliphatic carbocycles. The monoisotopic (exact) mass is 288 g/mol. The van der Waals surface area contributed by atoms with Crippen LogP contribution in [0.5, 0.6) is 0 Å². The summed E-state index contributed by atoms with van der Waals surface area (Å²) in [6, 6.07) is 11.3. The van der Waals surface area contributed by atoms with Crippen LogP contribution in [0.1, 0.15) is 37.9 Å². The number of rotatable bonds is 7. The molecule has 1 atom stereocenters. The van der Waals surface area contributed by atoms with Crippen molar-refractivity contribution in [3.8, 4) is 0 Å². The van der Waals surface area contributed by atoms with Gasteiger partial charge >= 0.3 is 0 Å². The van der Waals surface area contributed by atoms with Gasteiger partial charge in [0, 0.05) is 18.3 Å². The van der Waals surface area contributed by atoms with Crippen molar-refractivity contribution >= 4 is 17.0 Å². The van der Waals surface area contributed by atoms with Crippen molar-refractivity contribution in [1.82, 2.24) is 4.90 Å². The zero-order chi connectivity index (χ0) is 14.4. The number of anilines is 1. The van der Waals surface area contributed by atoms with Crippen LogP contribution in [-0.2, 0) is 6.54 Å². The van der Waals surface area contributed by atoms with Crippen LogP contribution in [0.2, 0.25) is 0 Å². The second kappa shape index (κ2) is 7.46. The lowest BCUT2D eigenvalue weighted by Crippen LogP contribution is -2.22. The maximum atomic E-state index is 3.58. The molecule has 0 fully saturated rings. The van der Waals surface area contributed by atoms with Gasteiger partial charge < -0.3 is 5.32 Å². The van der Waals surface area contributed by atoms with Gasteiger partial charge in [-0.25, -0.2) is 0 Å². The maximum absolute atomic E-state index is 3.58. The molecule has 2 nitrogen and oxygen atoms in total. The van der Waals surface area contributed by atoms with Crippen LogP contribution in [0.25, 0.3) is 0 Å². The minimum atomic E-state index is 0.352. The molecule has 0 bridgehead atoms. The molecular weight excluding hydrogens is 264 g/mol. The Labute approximate surface area is 126 Å². The lowest BCUT2D eigenvalue weighted by Gasteiger charge is -2.19. The summed E-state index contributed by atoms with van der Waals surface area (Å²) in [4.78, 5) is 2.43. The van der Waals surface area contributed by atoms with E-state index in [1.54, 1.807) is 11.3 Å². The molecular formula is C17H24N2S. The predicted molar refractivity (Wildman–Crippen MR) is 89.4 cm³/mol. The van der Waals surface area contributed by atoms with Gasteiger partial charge in [-0.05, 0) is 60.1 Å². The van der Waals surface area contributed by atoms with Crippen molar-refractivity contribution in [3.05, 3.63) is 52.2 Å². The second-order valence-electron chi connectivity index (χ2n) is 5.08. The lowest BCUT2D eigenvalue weighted by molar-refractivity contribution is 0.296. The largest absolute Gasteiger partial charge is 0.378 e. The van der Waals surface area contributed by atoms with Crippen molar-refractivity contribution in [3.63, 3.8) is 0 Å². The third kappa shape index (κ3) is 4.09. The molecule has 20 heavy (non-hydrogen) atoms. The van der Waals surface area contributed by atoms with E-state index < -0.39 is 0 Å². The SMILES string of the molecule is CCN(CC)Cc1cccc(NC(C)c2ccsc2)c1. The van der Waals surface area contributed by atoms with E-state index in [1.807, 2.05) is 0 Å². The lowest BCUT2D eigenvalue weighted by atomic mass is 10.1. The Bertz CT molecular complexity index is 503. The van der Waals surface area contributed by atoms with E-state index in [4.69, 9.17) is 0 Å². The average molecular weight is 288 g/mol. The maximum Gasteiger partial charge on any atom is 0.0493 e. The van der Waals surface area contributed by atoms with Gasteiger partial charge in [0.25, 0.3) is 0 Å². The summed E-state index contributed by atoms with van der Waals surface area (Å²) in [6.07, 6.45) is 0. The molecule has 2 aromatic rings. The first-order chi connectivity index (χ1) is 9.72. The summed E-state index contributed by atoms with van der Waals surface area (Å²) in [5, 5.41) is 7.92. The van der Waals surface area contributed by atoms with Crippen molar-refractivity contribution in [1.29, 1.82) is 0 Å². The molecule has 0 amide bonds. The zero-order valence-corrected chi connectivity index (χ0v) is 13.4. The Balaban J connectivity index is 2.02. The zero-order valence-electron chi connectivity index (χ0n) is 12.6. The smallest absolute Gasteiger partial charge is 0.0493 e. The first-order valence-corrected chi connectivity index (χ1v) is 8.27. The van der Waals surface area contributed by atoms with Crippen LogP contribution in [0.3, 0.4) is 0 Å². The summed E-state index contributed by atoms with van der Waals surface area (Å²) in [6.45, 7) is 9.85. The second-order valence-corrected chi connectivity index (χ2v) is 5.86. The van der Waals surface area contributed by atoms with Crippen molar-refractivity contribution in [2.24, 2.45) is 0 Å². The minimum absolute atomic E-state index is 0.352. The molecule has 2 rings (SSSR count). The van der Waals surface area contributed by atoms with E-state index in [0.29, 0.717) is 6.04 Å². The van der Waals surface area contributed by atoms with E-state index in [1.165, 1.54) is 16.8 Å². The van der Waals surface area contributed by atoms with Crippen molar-refractivity contribution in [2.75, 3.05) is 18.4 Å². The first-order valence-electron chi connectivity index (χ1n) is 7.32. The summed E-state index contributed by atoms with van der Waals surface area (Å²) in [5.41, 5.74) is 3.92. The topological polar surface area (TPSA) is 15.3 Å². The highest BCUT2D eigenvalue weighted by Gasteiger charge is 2.06. The predicted octanol–water partition coefficient (Wildman–Crippen LogP) is 4.76. The highest BCUT2D eigenvalue weighted by atomic mass is 32.1. The normalized spacial score (nSPS) is 12.6. The number of hydrogen-bond donors (Lipinski definition) is 1. The van der Waals surface area contributed by atoms with Crippen LogP contribution < -0.4 is 5.32 Å². The van der Waals surface area contributed by atoms with Crippen LogP contribution >= 0.6 is 11.3 Å². The third-order valence-electron chi connectivity index (χ3n) is 3.65. The molecule has 108 valence electrons. The summed E-state index contributed by atoms with van der Waals surface area (Å²) in [5.74, 6) is 0. The van der Waals surface area contributed by atoms with Gasteiger partial charge in [-0.2, -0.15) is 11.3 Å². The Morgan fingerprint density at radius 2 is 2.00 bits per heavy atom. The van der Waals surface area contributed by atoms with Gasteiger partial charge in [-0.1, -0.05) is 26.0 Å². The van der Waals surface area contributed by atoms with Crippen molar-refractivity contribution in [2.45, 2.75) is 33.4 Å². The fourth-order valence-electron chi connectivity index (χ4n) is 2.32. The highest BCUT2D eigenvalue weighted by Crippen LogP contribution is 2.22. The third-order valence-corrected chi connectivity index (χ3v) is 4.36. The van der Waals surface area contributed by atoms with E-state index in [-0.39, 0.29) is 0 Å². The Morgan fingerprint density at radius 3 is 2.65 bits per heavy atom. The summed E-state index contributed by atoms with van der Waals surface area (Å²) >= 11 is 1.75. The molecule has 1 aromatic heterocycles. The number of thiophene rings is 1. The standard InChI is InChI=1S/C17H24N2S/c1-4-19(5-2)12-15-7-6-8-17(11-15)18-14(3)16-9-10-20-13-16/h6-11,13-14,18H,4-5,12H2,1-3H3. The molecule has 3 heteroatoms. The molecule has 1 unspecified atom stereocenters. The Kier molecular flexibility index (Phi) is 5.62. The molecule has 0 aliphatic rings. The molecule has 1 aromatic carbocycles. The number of hydrogen-bond acceptors (Lipinski definition) is 3. The first kappa shape index (κ1) is 15.1. The molecule has 0 spiro atoms. The van der Waals surface area contributed by atoms with Crippen LogP contribution in [-0.4, -0.2) is 18.0 Å². The summed E-state index contributed by atoms with van der Waals surface area (Å²) < 4.78 is 0. The minimum Gasteiger partial charge on any atom is -0.378 e. The number of benzene rings is 1.